The van der Waals surface area contributed by atoms with Crippen LogP contribution in [0.4, 0.5) is 0 Å². The molecule has 0 fully saturated rings. The number of hydrogen-bond acceptors (Lipinski definition) is 1. The van der Waals surface area contributed by atoms with Crippen LogP contribution in [0.5, 0.6) is 0 Å². The normalized spacial score (nSPS) is 8.94. The second-order valence-corrected chi connectivity index (χ2v) is 3.95. The Labute approximate surface area is 116 Å². The first-order chi connectivity index (χ1) is 6.83. The summed E-state index contributed by atoms with van der Waals surface area (Å²) in [5.74, 6) is 0. The van der Waals surface area contributed by atoms with Crippen molar-refractivity contribution in [3.8, 4) is 0 Å². The van der Waals surface area contributed by atoms with E-state index in [0.717, 1.165) is 12.8 Å². The average molecular weight is 265 g/mol. The largest absolute Gasteiger partial charge is 2.00 e. The fourth-order valence-electron chi connectivity index (χ4n) is 0.500. The van der Waals surface area contributed by atoms with Gasteiger partial charge in [0.25, 0.3) is 0 Å². The maximum Gasteiger partial charge on any atom is 2.00 e. The summed E-state index contributed by atoms with van der Waals surface area (Å²) in [5.41, 5.74) is 0. The topological polar surface area (TPSA) is 77.8 Å². The van der Waals surface area contributed by atoms with E-state index in [1.807, 2.05) is 0 Å². The van der Waals surface area contributed by atoms with Gasteiger partial charge in [-0.05, 0) is 0 Å². The standard InChI is InChI=1S/2C5H11.Mg.H3O4P/c2*1-3-5-4-2;;1-5(2,3)4/h2*1,3-5H2,2H3;;(H3,1,2,3,4)/q2*-1;+2;. The van der Waals surface area contributed by atoms with Gasteiger partial charge in [-0.15, -0.1) is 0 Å². The summed E-state index contributed by atoms with van der Waals surface area (Å²) in [5, 5.41) is 0. The van der Waals surface area contributed by atoms with Gasteiger partial charge in [-0.3, -0.25) is 0 Å². The molecule has 0 aromatic heterocycles. The van der Waals surface area contributed by atoms with E-state index in [0.29, 0.717) is 0 Å². The molecule has 0 amide bonds. The summed E-state index contributed by atoms with van der Waals surface area (Å²) >= 11 is 0. The molecule has 0 spiro atoms. The van der Waals surface area contributed by atoms with E-state index in [1.165, 1.54) is 25.7 Å². The van der Waals surface area contributed by atoms with E-state index in [-0.39, 0.29) is 23.1 Å². The molecule has 16 heavy (non-hydrogen) atoms. The van der Waals surface area contributed by atoms with Gasteiger partial charge < -0.3 is 28.5 Å². The van der Waals surface area contributed by atoms with Gasteiger partial charge in [0, 0.05) is 0 Å². The quantitative estimate of drug-likeness (QED) is 0.414. The third kappa shape index (κ3) is 120. The molecule has 0 aromatic carbocycles. The van der Waals surface area contributed by atoms with Crippen molar-refractivity contribution in [1.29, 1.82) is 0 Å². The summed E-state index contributed by atoms with van der Waals surface area (Å²) in [4.78, 5) is 21.6. The molecule has 4 nitrogen and oxygen atoms in total. The molecule has 0 rings (SSSR count). The van der Waals surface area contributed by atoms with Gasteiger partial charge in [0.15, 0.2) is 0 Å². The molecule has 0 saturated heterocycles. The maximum atomic E-state index is 8.88. The van der Waals surface area contributed by atoms with Crippen LogP contribution in [0.3, 0.4) is 0 Å². The van der Waals surface area contributed by atoms with E-state index in [2.05, 4.69) is 27.7 Å². The van der Waals surface area contributed by atoms with Crippen LogP contribution in [-0.4, -0.2) is 37.7 Å². The van der Waals surface area contributed by atoms with Crippen molar-refractivity contribution in [2.75, 3.05) is 0 Å². The number of rotatable bonds is 4. The molecule has 0 atom stereocenters. The summed E-state index contributed by atoms with van der Waals surface area (Å²) < 4.78 is 8.88. The van der Waals surface area contributed by atoms with Crippen molar-refractivity contribution in [3.05, 3.63) is 13.8 Å². The molecular weight excluding hydrogens is 239 g/mol. The van der Waals surface area contributed by atoms with Crippen LogP contribution in [0, 0.1) is 13.8 Å². The van der Waals surface area contributed by atoms with Crippen LogP contribution < -0.4 is 0 Å². The van der Waals surface area contributed by atoms with Gasteiger partial charge in [-0.2, -0.15) is 12.8 Å². The van der Waals surface area contributed by atoms with E-state index < -0.39 is 7.82 Å². The van der Waals surface area contributed by atoms with Crippen molar-refractivity contribution >= 4 is 30.9 Å². The minimum atomic E-state index is -4.64. The third-order valence-electron chi connectivity index (χ3n) is 1.21. The fraction of sp³-hybridized carbons (Fsp3) is 0.800. The van der Waals surface area contributed by atoms with Gasteiger partial charge in [0.1, 0.15) is 0 Å². The molecule has 6 heteroatoms. The maximum absolute atomic E-state index is 8.88. The van der Waals surface area contributed by atoms with Crippen molar-refractivity contribution in [3.63, 3.8) is 0 Å². The summed E-state index contributed by atoms with van der Waals surface area (Å²) in [6.45, 7) is 11.7. The second kappa shape index (κ2) is 21.2. The molecular formula is C10H25MgO4P. The average Bonchev–Trinajstić information content (AvgIpc) is 2.05. The molecule has 96 valence electrons. The molecule has 0 aliphatic carbocycles. The second-order valence-electron chi connectivity index (χ2n) is 2.93. The molecule has 0 saturated carbocycles. The zero-order valence-corrected chi connectivity index (χ0v) is 12.9. The molecule has 0 radical (unpaired) electrons. The smallest absolute Gasteiger partial charge is 0.343 e. The Bertz CT molecular complexity index is 121. The van der Waals surface area contributed by atoms with Crippen LogP contribution in [-0.2, 0) is 4.57 Å². The van der Waals surface area contributed by atoms with Crippen LogP contribution in [0.25, 0.3) is 0 Å². The van der Waals surface area contributed by atoms with Crippen molar-refractivity contribution in [1.82, 2.24) is 0 Å². The van der Waals surface area contributed by atoms with E-state index in [4.69, 9.17) is 19.2 Å². The third-order valence-corrected chi connectivity index (χ3v) is 1.21. The van der Waals surface area contributed by atoms with Gasteiger partial charge >= 0.3 is 30.9 Å². The summed E-state index contributed by atoms with van der Waals surface area (Å²) in [6, 6.07) is 0. The molecule has 0 aromatic rings. The van der Waals surface area contributed by atoms with Crippen LogP contribution in [0.2, 0.25) is 0 Å². The van der Waals surface area contributed by atoms with Crippen molar-refractivity contribution in [2.45, 2.75) is 52.4 Å². The monoisotopic (exact) mass is 264 g/mol. The molecule has 3 N–H and O–H groups in total. The van der Waals surface area contributed by atoms with Crippen LogP contribution >= 0.6 is 7.82 Å². The summed E-state index contributed by atoms with van der Waals surface area (Å²) in [7, 11) is -4.64. The Balaban J connectivity index is -0.0000000655. The molecule has 0 unspecified atom stereocenters. The van der Waals surface area contributed by atoms with Gasteiger partial charge in [0.2, 0.25) is 0 Å². The molecule has 0 aliphatic rings. The zero-order chi connectivity index (χ0) is 12.7. The van der Waals surface area contributed by atoms with Gasteiger partial charge in [-0.1, -0.05) is 39.5 Å². The Kier molecular flexibility index (Phi) is 34.0. The Hall–Kier alpha value is 0.876. The minimum absolute atomic E-state index is 0. The van der Waals surface area contributed by atoms with Crippen LogP contribution in [0.15, 0.2) is 0 Å². The first kappa shape index (κ1) is 25.7. The SMILES string of the molecule is O=P(O)(O)O.[CH2-]CCCC.[CH2-]CCCC.[Mg+2]. The Morgan fingerprint density at radius 3 is 1.12 bits per heavy atom. The number of hydrogen-bond donors (Lipinski definition) is 3. The van der Waals surface area contributed by atoms with Crippen LogP contribution in [0.1, 0.15) is 52.4 Å². The first-order valence-electron chi connectivity index (χ1n) is 5.20. The van der Waals surface area contributed by atoms with Gasteiger partial charge in [0.05, 0.1) is 0 Å². The van der Waals surface area contributed by atoms with E-state index in [9.17, 15) is 0 Å². The predicted octanol–water partition coefficient (Wildman–Crippen LogP) is 2.71. The van der Waals surface area contributed by atoms with E-state index in [1.54, 1.807) is 0 Å². The predicted molar refractivity (Wildman–Crippen MR) is 69.8 cm³/mol. The minimum Gasteiger partial charge on any atom is -0.343 e. The molecule has 0 aliphatic heterocycles. The van der Waals surface area contributed by atoms with Crippen molar-refractivity contribution in [2.24, 2.45) is 0 Å². The van der Waals surface area contributed by atoms with Crippen molar-refractivity contribution < 1.29 is 19.2 Å². The molecule has 0 bridgehead atoms. The Morgan fingerprint density at radius 1 is 0.938 bits per heavy atom. The Morgan fingerprint density at radius 2 is 1.12 bits per heavy atom. The number of unbranched alkanes of at least 4 members (excludes halogenated alkanes) is 4. The zero-order valence-electron chi connectivity index (χ0n) is 10.6. The van der Waals surface area contributed by atoms with Gasteiger partial charge in [-0.25, -0.2) is 4.57 Å². The number of phosphoric acid groups is 1. The summed E-state index contributed by atoms with van der Waals surface area (Å²) in [6.07, 6.45) is 7.31. The van der Waals surface area contributed by atoms with E-state index >= 15 is 0 Å². The molecule has 0 heterocycles. The first-order valence-corrected chi connectivity index (χ1v) is 6.76. The fourth-order valence-corrected chi connectivity index (χ4v) is 0.500.